The number of aliphatic imine (C=N–C) groups is 1. The molecular weight excluding hydrogens is 607 g/mol. The largest absolute Gasteiger partial charge is 0.456 e. The molecule has 0 bridgehead atoms. The Morgan fingerprint density at radius 1 is 0.604 bits per heavy atom. The van der Waals surface area contributed by atoms with E-state index >= 15 is 0 Å². The first-order valence-electron chi connectivity index (χ1n) is 16.0. The minimum Gasteiger partial charge on any atom is -0.456 e. The quantitative estimate of drug-likeness (QED) is 0.146. The second-order valence-corrected chi connectivity index (χ2v) is 13.1. The van der Waals surface area contributed by atoms with Crippen molar-refractivity contribution in [2.24, 2.45) is 4.99 Å². The van der Waals surface area contributed by atoms with Crippen LogP contribution in [-0.2, 0) is 6.54 Å². The molecule has 5 heteroatoms. The first-order chi connectivity index (χ1) is 23.7. The Morgan fingerprint density at radius 2 is 1.38 bits per heavy atom. The van der Waals surface area contributed by atoms with Gasteiger partial charge in [-0.15, -0.1) is 11.3 Å². The molecule has 228 valence electrons. The van der Waals surface area contributed by atoms with Gasteiger partial charge in [-0.3, -0.25) is 5.41 Å². The van der Waals surface area contributed by atoms with Crippen LogP contribution in [0.2, 0.25) is 0 Å². The van der Waals surface area contributed by atoms with Crippen LogP contribution in [-0.4, -0.2) is 11.7 Å². The maximum Gasteiger partial charge on any atom is 0.154 e. The van der Waals surface area contributed by atoms with E-state index in [9.17, 15) is 5.41 Å². The van der Waals surface area contributed by atoms with Gasteiger partial charge >= 0.3 is 0 Å². The number of benzene rings is 7. The Morgan fingerprint density at radius 3 is 2.31 bits per heavy atom. The summed E-state index contributed by atoms with van der Waals surface area (Å²) in [5.41, 5.74) is 6.65. The van der Waals surface area contributed by atoms with Crippen molar-refractivity contribution in [1.82, 2.24) is 5.32 Å². The Hall–Kier alpha value is -6.04. The predicted molar refractivity (Wildman–Crippen MR) is 203 cm³/mol. The summed E-state index contributed by atoms with van der Waals surface area (Å²) < 4.78 is 8.62. The van der Waals surface area contributed by atoms with Gasteiger partial charge in [0, 0.05) is 48.6 Å². The van der Waals surface area contributed by atoms with Gasteiger partial charge in [0.1, 0.15) is 17.0 Å². The SMILES string of the molecule is N=C(/N=C(\NCc1ccc2ccccc2c1)c1ccc2c(c1)sc1ccccc12)c1cccc(-c2cccc3oc4ccccc4c23)c1. The Bertz CT molecular complexity index is 2720. The minimum absolute atomic E-state index is 0.193. The highest BCUT2D eigenvalue weighted by Gasteiger charge is 2.15. The van der Waals surface area contributed by atoms with E-state index in [-0.39, 0.29) is 5.84 Å². The van der Waals surface area contributed by atoms with Crippen molar-refractivity contribution in [1.29, 1.82) is 5.41 Å². The van der Waals surface area contributed by atoms with Gasteiger partial charge in [0.05, 0.1) is 0 Å². The van der Waals surface area contributed by atoms with Crippen LogP contribution in [0.4, 0.5) is 0 Å². The van der Waals surface area contributed by atoms with Gasteiger partial charge in [-0.2, -0.15) is 0 Å². The zero-order chi connectivity index (χ0) is 32.0. The van der Waals surface area contributed by atoms with Crippen LogP contribution in [0.5, 0.6) is 0 Å². The molecule has 2 aromatic heterocycles. The Kier molecular flexibility index (Phi) is 6.84. The van der Waals surface area contributed by atoms with Crippen LogP contribution >= 0.6 is 11.3 Å². The van der Waals surface area contributed by atoms with Gasteiger partial charge < -0.3 is 9.73 Å². The third-order valence-corrected chi connectivity index (χ3v) is 10.1. The fourth-order valence-electron chi connectivity index (χ4n) is 6.64. The molecule has 0 saturated carbocycles. The number of nitrogens with zero attached hydrogens (tertiary/aromatic N) is 1. The molecule has 0 radical (unpaired) electrons. The number of amidine groups is 2. The number of furan rings is 1. The lowest BCUT2D eigenvalue weighted by atomic mass is 9.98. The number of para-hydroxylation sites is 1. The molecule has 7 aromatic carbocycles. The summed E-state index contributed by atoms with van der Waals surface area (Å²) in [5.74, 6) is 0.861. The molecule has 9 aromatic rings. The lowest BCUT2D eigenvalue weighted by Gasteiger charge is -2.13. The van der Waals surface area contributed by atoms with Crippen LogP contribution in [0.15, 0.2) is 161 Å². The zero-order valence-electron chi connectivity index (χ0n) is 25.9. The highest BCUT2D eigenvalue weighted by atomic mass is 32.1. The standard InChI is InChI=1S/C43H29N3OS/c44-42(31-12-7-11-30(24-31)33-15-8-17-38-41(33)36-14-3-5-16-37(36)47-38)46-43(45-26-27-19-20-28-9-1-2-10-29(28)23-27)32-21-22-35-34-13-4-6-18-39(34)48-40(35)25-32/h1-25H,26H2,(H2,44,45,46). The zero-order valence-corrected chi connectivity index (χ0v) is 26.7. The third kappa shape index (κ3) is 5.02. The molecule has 4 nitrogen and oxygen atoms in total. The van der Waals surface area contributed by atoms with Crippen molar-refractivity contribution < 1.29 is 4.42 Å². The maximum absolute atomic E-state index is 9.23. The van der Waals surface area contributed by atoms with Crippen molar-refractivity contribution in [3.8, 4) is 11.1 Å². The topological polar surface area (TPSA) is 61.4 Å². The van der Waals surface area contributed by atoms with Crippen LogP contribution in [0.3, 0.4) is 0 Å². The van der Waals surface area contributed by atoms with E-state index in [1.165, 1.54) is 30.9 Å². The van der Waals surface area contributed by atoms with Gasteiger partial charge in [0.15, 0.2) is 5.84 Å². The summed E-state index contributed by atoms with van der Waals surface area (Å²) in [6, 6.07) is 52.3. The lowest BCUT2D eigenvalue weighted by molar-refractivity contribution is 0.669. The van der Waals surface area contributed by atoms with Crippen molar-refractivity contribution in [3.05, 3.63) is 168 Å². The van der Waals surface area contributed by atoms with Crippen molar-refractivity contribution >= 4 is 75.9 Å². The summed E-state index contributed by atoms with van der Waals surface area (Å²) in [7, 11) is 0. The molecule has 2 heterocycles. The van der Waals surface area contributed by atoms with Crippen molar-refractivity contribution in [2.45, 2.75) is 6.54 Å². The van der Waals surface area contributed by atoms with Crippen molar-refractivity contribution in [3.63, 3.8) is 0 Å². The number of fused-ring (bicyclic) bond motifs is 7. The van der Waals surface area contributed by atoms with E-state index in [1.54, 1.807) is 11.3 Å². The van der Waals surface area contributed by atoms with E-state index in [2.05, 4.69) is 115 Å². The second-order valence-electron chi connectivity index (χ2n) is 12.0. The average Bonchev–Trinajstić information content (AvgIpc) is 3.71. The highest BCUT2D eigenvalue weighted by Crippen LogP contribution is 2.37. The maximum atomic E-state index is 9.23. The van der Waals surface area contributed by atoms with E-state index in [0.29, 0.717) is 12.4 Å². The number of thiophene rings is 1. The summed E-state index contributed by atoms with van der Waals surface area (Å²) in [4.78, 5) is 4.97. The van der Waals surface area contributed by atoms with Crippen LogP contribution < -0.4 is 5.32 Å². The molecule has 48 heavy (non-hydrogen) atoms. The smallest absolute Gasteiger partial charge is 0.154 e. The van der Waals surface area contributed by atoms with Gasteiger partial charge in [-0.25, -0.2) is 4.99 Å². The second kappa shape index (κ2) is 11.6. The molecule has 0 fully saturated rings. The van der Waals surface area contributed by atoms with E-state index < -0.39 is 0 Å². The fourth-order valence-corrected chi connectivity index (χ4v) is 7.78. The summed E-state index contributed by atoms with van der Waals surface area (Å²) in [6.07, 6.45) is 0. The number of rotatable bonds is 5. The highest BCUT2D eigenvalue weighted by molar-refractivity contribution is 7.25. The molecule has 0 atom stereocenters. The average molecular weight is 636 g/mol. The third-order valence-electron chi connectivity index (χ3n) is 9.00. The summed E-state index contributed by atoms with van der Waals surface area (Å²) in [6.45, 7) is 0.580. The normalized spacial score (nSPS) is 12.0. The molecule has 2 N–H and O–H groups in total. The molecule has 0 spiro atoms. The summed E-state index contributed by atoms with van der Waals surface area (Å²) in [5, 5.41) is 19.9. The molecule has 0 saturated heterocycles. The molecular formula is C43H29N3OS. The van der Waals surface area contributed by atoms with E-state index in [0.717, 1.165) is 49.8 Å². The Balaban J connectivity index is 1.11. The predicted octanol–water partition coefficient (Wildman–Crippen LogP) is 11.3. The minimum atomic E-state index is 0.193. The van der Waals surface area contributed by atoms with Crippen LogP contribution in [0.25, 0.3) is 64.0 Å². The Labute approximate surface area is 281 Å². The molecule has 0 aliphatic rings. The van der Waals surface area contributed by atoms with Gasteiger partial charge in [0.2, 0.25) is 0 Å². The van der Waals surface area contributed by atoms with Crippen LogP contribution in [0, 0.1) is 5.41 Å². The number of hydrogen-bond acceptors (Lipinski definition) is 3. The molecule has 0 aliphatic carbocycles. The van der Waals surface area contributed by atoms with E-state index in [4.69, 9.17) is 9.41 Å². The van der Waals surface area contributed by atoms with Gasteiger partial charge in [0.25, 0.3) is 0 Å². The first-order valence-corrected chi connectivity index (χ1v) is 16.8. The van der Waals surface area contributed by atoms with Gasteiger partial charge in [-0.1, -0.05) is 115 Å². The molecule has 9 rings (SSSR count). The first kappa shape index (κ1) is 28.2. The van der Waals surface area contributed by atoms with Gasteiger partial charge in [-0.05, 0) is 63.9 Å². The lowest BCUT2D eigenvalue weighted by Crippen LogP contribution is -2.25. The summed E-state index contributed by atoms with van der Waals surface area (Å²) >= 11 is 1.78. The monoisotopic (exact) mass is 635 g/mol. The number of hydrogen-bond donors (Lipinski definition) is 2. The fraction of sp³-hybridized carbons (Fsp3) is 0.0233. The molecule has 0 aliphatic heterocycles. The molecule has 0 unspecified atom stereocenters. The number of nitrogens with one attached hydrogen (secondary N) is 2. The van der Waals surface area contributed by atoms with E-state index in [1.807, 2.05) is 42.5 Å². The van der Waals surface area contributed by atoms with Crippen molar-refractivity contribution in [2.75, 3.05) is 0 Å². The van der Waals surface area contributed by atoms with Crippen LogP contribution in [0.1, 0.15) is 16.7 Å². The molecule has 0 amide bonds.